The van der Waals surface area contributed by atoms with E-state index in [0.29, 0.717) is 19.0 Å². The molecule has 2 rings (SSSR count). The van der Waals surface area contributed by atoms with Crippen molar-refractivity contribution in [3.8, 4) is 0 Å². The van der Waals surface area contributed by atoms with Gasteiger partial charge in [-0.3, -0.25) is 4.79 Å². The molecule has 0 atom stereocenters. The fraction of sp³-hybridized carbons (Fsp3) is 0.727. The number of rotatable bonds is 4. The van der Waals surface area contributed by atoms with Crippen LogP contribution in [-0.4, -0.2) is 35.0 Å². The van der Waals surface area contributed by atoms with E-state index in [1.165, 1.54) is 19.3 Å². The van der Waals surface area contributed by atoms with E-state index in [0.717, 1.165) is 12.1 Å². The Bertz CT molecular complexity index is 256. The first-order valence-electron chi connectivity index (χ1n) is 5.42. The standard InChI is InChI=1S/C11H17NO2/c13-7-6-12(9-2-1-3-9)10-4-5-11(14)8-10/h8-9,13H,1-7H2. The van der Waals surface area contributed by atoms with Gasteiger partial charge in [-0.1, -0.05) is 0 Å². The molecule has 0 aromatic rings. The first kappa shape index (κ1) is 9.71. The van der Waals surface area contributed by atoms with Crippen molar-refractivity contribution in [1.82, 2.24) is 4.90 Å². The Labute approximate surface area is 84.4 Å². The van der Waals surface area contributed by atoms with Crippen molar-refractivity contribution in [2.24, 2.45) is 0 Å². The topological polar surface area (TPSA) is 40.5 Å². The van der Waals surface area contributed by atoms with Gasteiger partial charge in [0, 0.05) is 30.8 Å². The molecule has 1 saturated carbocycles. The smallest absolute Gasteiger partial charge is 0.157 e. The van der Waals surface area contributed by atoms with E-state index in [1.54, 1.807) is 6.08 Å². The van der Waals surface area contributed by atoms with Crippen LogP contribution in [0.5, 0.6) is 0 Å². The summed E-state index contributed by atoms with van der Waals surface area (Å²) in [4.78, 5) is 13.4. The van der Waals surface area contributed by atoms with Crippen LogP contribution in [0.3, 0.4) is 0 Å². The number of carbonyl (C=O) groups excluding carboxylic acids is 1. The number of hydrogen-bond acceptors (Lipinski definition) is 3. The average Bonchev–Trinajstić information content (AvgIpc) is 2.48. The van der Waals surface area contributed by atoms with E-state index in [9.17, 15) is 4.79 Å². The molecule has 0 unspecified atom stereocenters. The van der Waals surface area contributed by atoms with E-state index < -0.39 is 0 Å². The van der Waals surface area contributed by atoms with Gasteiger partial charge in [-0.15, -0.1) is 0 Å². The molecule has 2 aliphatic carbocycles. The van der Waals surface area contributed by atoms with Gasteiger partial charge in [0.1, 0.15) is 0 Å². The molecule has 3 nitrogen and oxygen atoms in total. The largest absolute Gasteiger partial charge is 0.395 e. The first-order valence-corrected chi connectivity index (χ1v) is 5.42. The summed E-state index contributed by atoms with van der Waals surface area (Å²) >= 11 is 0. The lowest BCUT2D eigenvalue weighted by atomic mass is 9.91. The molecular weight excluding hydrogens is 178 g/mol. The second-order valence-corrected chi connectivity index (χ2v) is 4.10. The van der Waals surface area contributed by atoms with Crippen LogP contribution < -0.4 is 0 Å². The maximum absolute atomic E-state index is 11.1. The predicted molar refractivity (Wildman–Crippen MR) is 53.8 cm³/mol. The summed E-state index contributed by atoms with van der Waals surface area (Å²) in [6.45, 7) is 0.867. The summed E-state index contributed by atoms with van der Waals surface area (Å²) in [7, 11) is 0. The minimum atomic E-state index is 0.183. The predicted octanol–water partition coefficient (Wildman–Crippen LogP) is 1.08. The first-order chi connectivity index (χ1) is 6.81. The molecule has 78 valence electrons. The number of ketones is 1. The third-order valence-corrected chi connectivity index (χ3v) is 3.18. The number of carbonyl (C=O) groups is 1. The van der Waals surface area contributed by atoms with E-state index in [2.05, 4.69) is 4.90 Å². The molecule has 0 heterocycles. The highest BCUT2D eigenvalue weighted by Gasteiger charge is 2.28. The highest BCUT2D eigenvalue weighted by atomic mass is 16.3. The van der Waals surface area contributed by atoms with Gasteiger partial charge in [0.05, 0.1) is 6.61 Å². The van der Waals surface area contributed by atoms with Crippen LogP contribution in [0.1, 0.15) is 32.1 Å². The fourth-order valence-corrected chi connectivity index (χ4v) is 2.17. The normalized spacial score (nSPS) is 22.1. The molecule has 1 fully saturated rings. The molecular formula is C11H17NO2. The summed E-state index contributed by atoms with van der Waals surface area (Å²) in [6.07, 6.45) is 7.00. The molecule has 0 aromatic carbocycles. The van der Waals surface area contributed by atoms with E-state index in [1.807, 2.05) is 0 Å². The SMILES string of the molecule is O=C1C=C(N(CCO)C2CCC2)CC1. The zero-order valence-electron chi connectivity index (χ0n) is 8.41. The molecule has 3 heteroatoms. The Balaban J connectivity index is 2.01. The average molecular weight is 195 g/mol. The van der Waals surface area contributed by atoms with Crippen molar-refractivity contribution in [2.45, 2.75) is 38.1 Å². The maximum Gasteiger partial charge on any atom is 0.157 e. The zero-order chi connectivity index (χ0) is 9.97. The van der Waals surface area contributed by atoms with Gasteiger partial charge in [-0.25, -0.2) is 0 Å². The molecule has 14 heavy (non-hydrogen) atoms. The van der Waals surface area contributed by atoms with Gasteiger partial charge < -0.3 is 10.0 Å². The van der Waals surface area contributed by atoms with Crippen LogP contribution in [0.15, 0.2) is 11.8 Å². The van der Waals surface area contributed by atoms with Crippen molar-refractivity contribution < 1.29 is 9.90 Å². The summed E-state index contributed by atoms with van der Waals surface area (Å²) in [5, 5.41) is 8.98. The lowest BCUT2D eigenvalue weighted by Crippen LogP contribution is -2.40. The summed E-state index contributed by atoms with van der Waals surface area (Å²) in [6, 6.07) is 0.583. The quantitative estimate of drug-likeness (QED) is 0.729. The third-order valence-electron chi connectivity index (χ3n) is 3.18. The third kappa shape index (κ3) is 1.82. The number of aliphatic hydroxyl groups excluding tert-OH is 1. The van der Waals surface area contributed by atoms with E-state index in [-0.39, 0.29) is 12.4 Å². The van der Waals surface area contributed by atoms with Crippen molar-refractivity contribution in [3.63, 3.8) is 0 Å². The fourth-order valence-electron chi connectivity index (χ4n) is 2.17. The minimum Gasteiger partial charge on any atom is -0.395 e. The molecule has 1 N–H and O–H groups in total. The van der Waals surface area contributed by atoms with Gasteiger partial charge in [-0.2, -0.15) is 0 Å². The van der Waals surface area contributed by atoms with Crippen LogP contribution in [0.4, 0.5) is 0 Å². The number of hydrogen-bond donors (Lipinski definition) is 1. The van der Waals surface area contributed by atoms with Crippen LogP contribution in [-0.2, 0) is 4.79 Å². The number of nitrogens with zero attached hydrogens (tertiary/aromatic N) is 1. The lowest BCUT2D eigenvalue weighted by Gasteiger charge is -2.39. The van der Waals surface area contributed by atoms with E-state index >= 15 is 0 Å². The van der Waals surface area contributed by atoms with Gasteiger partial charge >= 0.3 is 0 Å². The summed E-state index contributed by atoms with van der Waals surface area (Å²) in [5.74, 6) is 0.238. The highest BCUT2D eigenvalue weighted by molar-refractivity contribution is 5.92. The molecule has 0 spiro atoms. The Morgan fingerprint density at radius 1 is 1.43 bits per heavy atom. The van der Waals surface area contributed by atoms with Gasteiger partial charge in [0.2, 0.25) is 0 Å². The Morgan fingerprint density at radius 3 is 2.64 bits per heavy atom. The van der Waals surface area contributed by atoms with Crippen LogP contribution in [0.2, 0.25) is 0 Å². The molecule has 2 aliphatic rings. The lowest BCUT2D eigenvalue weighted by molar-refractivity contribution is -0.114. The molecule has 0 aromatic heterocycles. The molecule has 0 radical (unpaired) electrons. The van der Waals surface area contributed by atoms with Crippen molar-refractivity contribution in [2.75, 3.05) is 13.2 Å². The molecule has 0 amide bonds. The van der Waals surface area contributed by atoms with Gasteiger partial charge in [0.15, 0.2) is 5.78 Å². The molecule has 0 bridgehead atoms. The van der Waals surface area contributed by atoms with Crippen LogP contribution in [0.25, 0.3) is 0 Å². The Morgan fingerprint density at radius 2 is 2.21 bits per heavy atom. The number of allylic oxidation sites excluding steroid dienone is 2. The van der Waals surface area contributed by atoms with Crippen molar-refractivity contribution in [1.29, 1.82) is 0 Å². The summed E-state index contributed by atoms with van der Waals surface area (Å²) < 4.78 is 0. The Hall–Kier alpha value is -0.830. The second-order valence-electron chi connectivity index (χ2n) is 4.10. The molecule has 0 aliphatic heterocycles. The van der Waals surface area contributed by atoms with Crippen molar-refractivity contribution >= 4 is 5.78 Å². The minimum absolute atomic E-state index is 0.183. The Kier molecular flexibility index (Phi) is 2.87. The van der Waals surface area contributed by atoms with Crippen LogP contribution >= 0.6 is 0 Å². The van der Waals surface area contributed by atoms with Gasteiger partial charge in [0.25, 0.3) is 0 Å². The maximum atomic E-state index is 11.1. The number of aliphatic hydroxyl groups is 1. The molecule has 0 saturated heterocycles. The summed E-state index contributed by atoms with van der Waals surface area (Å²) in [5.41, 5.74) is 1.15. The zero-order valence-corrected chi connectivity index (χ0v) is 8.41. The van der Waals surface area contributed by atoms with Gasteiger partial charge in [-0.05, 0) is 25.7 Å². The monoisotopic (exact) mass is 195 g/mol. The van der Waals surface area contributed by atoms with E-state index in [4.69, 9.17) is 5.11 Å². The second kappa shape index (κ2) is 4.13. The van der Waals surface area contributed by atoms with Crippen molar-refractivity contribution in [3.05, 3.63) is 11.8 Å². The highest BCUT2D eigenvalue weighted by Crippen LogP contribution is 2.30. The van der Waals surface area contributed by atoms with Crippen LogP contribution in [0, 0.1) is 0 Å².